The summed E-state index contributed by atoms with van der Waals surface area (Å²) in [6.45, 7) is 5.30. The predicted octanol–water partition coefficient (Wildman–Crippen LogP) is 2.45. The number of nitrogens with one attached hydrogen (secondary N) is 1. The Bertz CT molecular complexity index is 287. The lowest BCUT2D eigenvalue weighted by Gasteiger charge is -2.09. The van der Waals surface area contributed by atoms with E-state index in [0.717, 1.165) is 13.0 Å². The van der Waals surface area contributed by atoms with Gasteiger partial charge >= 0.3 is 0 Å². The molecule has 2 nitrogen and oxygen atoms in total. The second kappa shape index (κ2) is 3.36. The van der Waals surface area contributed by atoms with Crippen LogP contribution in [0, 0.1) is 13.8 Å². The fourth-order valence-electron chi connectivity index (χ4n) is 1.74. The second-order valence-corrected chi connectivity index (χ2v) is 3.77. The molecule has 1 N–H and O–H groups in total. The van der Waals surface area contributed by atoms with E-state index in [2.05, 4.69) is 30.2 Å². The van der Waals surface area contributed by atoms with Crippen LogP contribution in [0.5, 0.6) is 0 Å². The largest absolute Gasteiger partial charge is 0.384 e. The molecule has 0 unspecified atom stereocenters. The van der Waals surface area contributed by atoms with Crippen molar-refractivity contribution in [2.75, 3.05) is 11.9 Å². The molecule has 0 fully saturated rings. The molecule has 0 atom stereocenters. The highest BCUT2D eigenvalue weighted by Crippen LogP contribution is 2.21. The molecule has 2 heterocycles. The summed E-state index contributed by atoms with van der Waals surface area (Å²) in [6, 6.07) is 2.23. The molecule has 0 saturated carbocycles. The lowest BCUT2D eigenvalue weighted by molar-refractivity contribution is 0.772. The third kappa shape index (κ3) is 1.67. The quantitative estimate of drug-likeness (QED) is 0.656. The molecule has 1 aromatic rings. The normalized spacial score (nSPS) is 15.8. The van der Waals surface area contributed by atoms with Crippen LogP contribution in [-0.2, 0) is 6.42 Å². The number of aromatic nitrogens is 1. The third-order valence-corrected chi connectivity index (χ3v) is 2.70. The summed E-state index contributed by atoms with van der Waals surface area (Å²) in [5.41, 5.74) is 4.96. The molecule has 0 aliphatic carbocycles. The Balaban J connectivity index is 2.43. The van der Waals surface area contributed by atoms with Crippen LogP contribution in [-0.4, -0.2) is 11.5 Å². The average Bonchev–Trinajstić information content (AvgIpc) is 2.31. The number of fused-ring (bicyclic) bond motifs is 1. The number of nitrogens with zero attached hydrogens (tertiary/aromatic N) is 1. The molecule has 0 aromatic carbocycles. The van der Waals surface area contributed by atoms with Crippen molar-refractivity contribution in [3.05, 3.63) is 23.0 Å². The minimum absolute atomic E-state index is 1.09. The van der Waals surface area contributed by atoms with Crippen LogP contribution in [0.15, 0.2) is 6.07 Å². The van der Waals surface area contributed by atoms with E-state index in [9.17, 15) is 0 Å². The molecule has 70 valence electrons. The van der Waals surface area contributed by atoms with Crippen molar-refractivity contribution in [3.8, 4) is 0 Å². The van der Waals surface area contributed by atoms with Crippen molar-refractivity contribution >= 4 is 5.69 Å². The van der Waals surface area contributed by atoms with Gasteiger partial charge in [0.05, 0.1) is 11.4 Å². The van der Waals surface area contributed by atoms with E-state index in [1.54, 1.807) is 0 Å². The van der Waals surface area contributed by atoms with E-state index >= 15 is 0 Å². The van der Waals surface area contributed by atoms with E-state index in [1.807, 2.05) is 0 Å². The summed E-state index contributed by atoms with van der Waals surface area (Å²) in [5.74, 6) is 0. The summed E-state index contributed by atoms with van der Waals surface area (Å²) in [6.07, 6.45) is 3.65. The Morgan fingerprint density at radius 1 is 1.31 bits per heavy atom. The molecule has 2 heteroatoms. The van der Waals surface area contributed by atoms with Gasteiger partial charge in [0.2, 0.25) is 0 Å². The number of rotatable bonds is 0. The molecule has 1 aliphatic rings. The van der Waals surface area contributed by atoms with Crippen LogP contribution < -0.4 is 5.32 Å². The van der Waals surface area contributed by atoms with E-state index < -0.39 is 0 Å². The Morgan fingerprint density at radius 2 is 2.15 bits per heavy atom. The zero-order valence-corrected chi connectivity index (χ0v) is 8.35. The summed E-state index contributed by atoms with van der Waals surface area (Å²) in [5, 5.41) is 3.43. The van der Waals surface area contributed by atoms with Gasteiger partial charge < -0.3 is 5.32 Å². The van der Waals surface area contributed by atoms with Gasteiger partial charge in [-0.2, -0.15) is 0 Å². The topological polar surface area (TPSA) is 24.9 Å². The van der Waals surface area contributed by atoms with Crippen LogP contribution >= 0.6 is 0 Å². The third-order valence-electron chi connectivity index (χ3n) is 2.70. The van der Waals surface area contributed by atoms with Gasteiger partial charge in [-0.15, -0.1) is 0 Å². The molecule has 2 rings (SSSR count). The van der Waals surface area contributed by atoms with Crippen molar-refractivity contribution in [3.63, 3.8) is 0 Å². The molecule has 0 amide bonds. The highest BCUT2D eigenvalue weighted by molar-refractivity contribution is 5.51. The SMILES string of the molecule is Cc1cc2c(nc1C)CCCCN2. The van der Waals surface area contributed by atoms with E-state index in [4.69, 9.17) is 0 Å². The molecule has 13 heavy (non-hydrogen) atoms. The summed E-state index contributed by atoms with van der Waals surface area (Å²) in [4.78, 5) is 4.61. The standard InChI is InChI=1S/C11H16N2/c1-8-7-11-10(13-9(8)2)5-3-4-6-12-11/h7,12H,3-6H2,1-2H3. The number of hydrogen-bond acceptors (Lipinski definition) is 2. The lowest BCUT2D eigenvalue weighted by atomic mass is 10.1. The minimum atomic E-state index is 1.09. The Hall–Kier alpha value is -1.05. The van der Waals surface area contributed by atoms with Gasteiger partial charge in [0, 0.05) is 12.2 Å². The van der Waals surface area contributed by atoms with Gasteiger partial charge in [0.15, 0.2) is 0 Å². The smallest absolute Gasteiger partial charge is 0.0638 e. The average molecular weight is 176 g/mol. The first-order valence-electron chi connectivity index (χ1n) is 4.98. The van der Waals surface area contributed by atoms with Crippen molar-refractivity contribution in [1.29, 1.82) is 0 Å². The molecule has 1 aliphatic heterocycles. The Kier molecular flexibility index (Phi) is 2.21. The van der Waals surface area contributed by atoms with Crippen molar-refractivity contribution < 1.29 is 0 Å². The van der Waals surface area contributed by atoms with Gasteiger partial charge in [0.1, 0.15) is 0 Å². The number of hydrogen-bond donors (Lipinski definition) is 1. The molecular weight excluding hydrogens is 160 g/mol. The number of pyridine rings is 1. The maximum absolute atomic E-state index is 4.61. The van der Waals surface area contributed by atoms with Crippen LogP contribution in [0.2, 0.25) is 0 Å². The van der Waals surface area contributed by atoms with E-state index in [0.29, 0.717) is 0 Å². The number of aryl methyl sites for hydroxylation is 3. The summed E-state index contributed by atoms with van der Waals surface area (Å²) < 4.78 is 0. The van der Waals surface area contributed by atoms with Crippen molar-refractivity contribution in [1.82, 2.24) is 4.98 Å². The molecule has 0 spiro atoms. The lowest BCUT2D eigenvalue weighted by Crippen LogP contribution is -2.02. The van der Waals surface area contributed by atoms with Gasteiger partial charge in [-0.05, 0) is 44.7 Å². The van der Waals surface area contributed by atoms with Crippen LogP contribution in [0.3, 0.4) is 0 Å². The van der Waals surface area contributed by atoms with Crippen molar-refractivity contribution in [2.24, 2.45) is 0 Å². The summed E-state index contributed by atoms with van der Waals surface area (Å²) >= 11 is 0. The zero-order chi connectivity index (χ0) is 9.26. The fourth-order valence-corrected chi connectivity index (χ4v) is 1.74. The Labute approximate surface area is 79.4 Å². The number of anilines is 1. The maximum Gasteiger partial charge on any atom is 0.0638 e. The molecule has 0 radical (unpaired) electrons. The first kappa shape index (κ1) is 8.54. The minimum Gasteiger partial charge on any atom is -0.384 e. The van der Waals surface area contributed by atoms with Crippen molar-refractivity contribution in [2.45, 2.75) is 33.1 Å². The second-order valence-electron chi connectivity index (χ2n) is 3.77. The van der Waals surface area contributed by atoms with Gasteiger partial charge in [0.25, 0.3) is 0 Å². The van der Waals surface area contributed by atoms with Crippen LogP contribution in [0.1, 0.15) is 29.8 Å². The zero-order valence-electron chi connectivity index (χ0n) is 8.35. The molecule has 0 saturated heterocycles. The highest BCUT2D eigenvalue weighted by Gasteiger charge is 2.09. The first-order chi connectivity index (χ1) is 6.27. The van der Waals surface area contributed by atoms with E-state index in [1.165, 1.54) is 35.5 Å². The Morgan fingerprint density at radius 3 is 3.00 bits per heavy atom. The molecule has 0 bridgehead atoms. The monoisotopic (exact) mass is 176 g/mol. The predicted molar refractivity (Wildman–Crippen MR) is 55.1 cm³/mol. The summed E-state index contributed by atoms with van der Waals surface area (Å²) in [7, 11) is 0. The molecular formula is C11H16N2. The van der Waals surface area contributed by atoms with Gasteiger partial charge in [-0.3, -0.25) is 4.98 Å². The molecule has 1 aromatic heterocycles. The highest BCUT2D eigenvalue weighted by atomic mass is 14.9. The fraction of sp³-hybridized carbons (Fsp3) is 0.545. The van der Waals surface area contributed by atoms with Gasteiger partial charge in [-0.25, -0.2) is 0 Å². The first-order valence-corrected chi connectivity index (χ1v) is 4.98. The van der Waals surface area contributed by atoms with Gasteiger partial charge in [-0.1, -0.05) is 0 Å². The van der Waals surface area contributed by atoms with Crippen LogP contribution in [0.25, 0.3) is 0 Å². The van der Waals surface area contributed by atoms with Crippen LogP contribution in [0.4, 0.5) is 5.69 Å². The maximum atomic E-state index is 4.61. The van der Waals surface area contributed by atoms with E-state index in [-0.39, 0.29) is 0 Å².